The zero-order chi connectivity index (χ0) is 17.8. The lowest BCUT2D eigenvalue weighted by Crippen LogP contribution is -2.46. The van der Waals surface area contributed by atoms with Gasteiger partial charge in [-0.05, 0) is 41.7 Å². The number of nitrogens with zero attached hydrogens (tertiary/aromatic N) is 2. The van der Waals surface area contributed by atoms with E-state index in [4.69, 9.17) is 10.5 Å². The Morgan fingerprint density at radius 1 is 0.962 bits per heavy atom. The van der Waals surface area contributed by atoms with Gasteiger partial charge in [0.05, 0.1) is 12.7 Å². The average Bonchev–Trinajstić information content (AvgIpc) is 2.73. The quantitative estimate of drug-likeness (QED) is 0.899. The van der Waals surface area contributed by atoms with Crippen molar-refractivity contribution in [2.45, 2.75) is 25.5 Å². The summed E-state index contributed by atoms with van der Waals surface area (Å²) in [6.07, 6.45) is 2.40. The average molecular weight is 351 g/mol. The van der Waals surface area contributed by atoms with Crippen molar-refractivity contribution >= 4 is 5.69 Å². The lowest BCUT2D eigenvalue weighted by atomic mass is 9.95. The fourth-order valence-electron chi connectivity index (χ4n) is 4.09. The van der Waals surface area contributed by atoms with Crippen LogP contribution in [-0.2, 0) is 17.7 Å². The number of fused-ring (bicyclic) bond motifs is 1. The smallest absolute Gasteiger partial charge is 0.0839 e. The van der Waals surface area contributed by atoms with Crippen LogP contribution in [0.25, 0.3) is 0 Å². The van der Waals surface area contributed by atoms with E-state index in [-0.39, 0.29) is 6.10 Å². The van der Waals surface area contributed by atoms with Crippen LogP contribution in [0.4, 0.5) is 5.69 Å². The first-order valence-electron chi connectivity index (χ1n) is 9.79. The normalized spacial score (nSPS) is 20.8. The number of ether oxygens (including phenoxy) is 1. The summed E-state index contributed by atoms with van der Waals surface area (Å²) >= 11 is 0. The van der Waals surface area contributed by atoms with E-state index in [0.29, 0.717) is 6.54 Å². The van der Waals surface area contributed by atoms with Gasteiger partial charge in [-0.15, -0.1) is 0 Å². The SMILES string of the molecule is NCc1ccc(N2CCN(CCC3OCCc4ccccc43)CC2)cc1. The Balaban J connectivity index is 1.28. The number of hydrogen-bond acceptors (Lipinski definition) is 4. The molecule has 2 heterocycles. The number of benzene rings is 2. The minimum Gasteiger partial charge on any atom is -0.373 e. The van der Waals surface area contributed by atoms with Crippen LogP contribution < -0.4 is 10.6 Å². The molecule has 2 N–H and O–H groups in total. The van der Waals surface area contributed by atoms with Gasteiger partial charge in [0.1, 0.15) is 0 Å². The fourth-order valence-corrected chi connectivity index (χ4v) is 4.09. The van der Waals surface area contributed by atoms with Crippen molar-refractivity contribution in [2.75, 3.05) is 44.2 Å². The van der Waals surface area contributed by atoms with Crippen LogP contribution in [0, 0.1) is 0 Å². The van der Waals surface area contributed by atoms with Gasteiger partial charge in [0.2, 0.25) is 0 Å². The fraction of sp³-hybridized carbons (Fsp3) is 0.455. The summed E-state index contributed by atoms with van der Waals surface area (Å²) in [7, 11) is 0. The highest BCUT2D eigenvalue weighted by molar-refractivity contribution is 5.48. The third-order valence-electron chi connectivity index (χ3n) is 5.71. The molecular formula is C22H29N3O. The molecule has 1 saturated heterocycles. The maximum atomic E-state index is 6.06. The van der Waals surface area contributed by atoms with Crippen molar-refractivity contribution in [3.05, 3.63) is 65.2 Å². The van der Waals surface area contributed by atoms with Crippen molar-refractivity contribution in [3.8, 4) is 0 Å². The topological polar surface area (TPSA) is 41.7 Å². The Kier molecular flexibility index (Phi) is 5.54. The molecule has 1 fully saturated rings. The Morgan fingerprint density at radius 2 is 1.73 bits per heavy atom. The van der Waals surface area contributed by atoms with Crippen LogP contribution in [0.2, 0.25) is 0 Å². The minimum absolute atomic E-state index is 0.266. The summed E-state index contributed by atoms with van der Waals surface area (Å²) in [4.78, 5) is 5.05. The summed E-state index contributed by atoms with van der Waals surface area (Å²) in [5.74, 6) is 0. The van der Waals surface area contributed by atoms with Crippen LogP contribution in [-0.4, -0.2) is 44.2 Å². The Hall–Kier alpha value is -1.88. The van der Waals surface area contributed by atoms with Gasteiger partial charge >= 0.3 is 0 Å². The van der Waals surface area contributed by atoms with E-state index in [1.54, 1.807) is 0 Å². The van der Waals surface area contributed by atoms with Gasteiger partial charge in [0, 0.05) is 45.0 Å². The third kappa shape index (κ3) is 3.93. The molecular weight excluding hydrogens is 322 g/mol. The summed E-state index contributed by atoms with van der Waals surface area (Å²) in [5.41, 5.74) is 11.1. The maximum Gasteiger partial charge on any atom is 0.0839 e. The van der Waals surface area contributed by atoms with Crippen molar-refractivity contribution in [3.63, 3.8) is 0 Å². The molecule has 4 nitrogen and oxygen atoms in total. The molecule has 0 aliphatic carbocycles. The first-order chi connectivity index (χ1) is 12.8. The number of piperazine rings is 1. The van der Waals surface area contributed by atoms with E-state index < -0.39 is 0 Å². The summed E-state index contributed by atoms with van der Waals surface area (Å²) < 4.78 is 6.06. The predicted octanol–water partition coefficient (Wildman–Crippen LogP) is 2.97. The highest BCUT2D eigenvalue weighted by Gasteiger charge is 2.23. The van der Waals surface area contributed by atoms with Gasteiger partial charge in [0.25, 0.3) is 0 Å². The van der Waals surface area contributed by atoms with Crippen LogP contribution in [0.1, 0.15) is 29.2 Å². The Morgan fingerprint density at radius 3 is 2.50 bits per heavy atom. The van der Waals surface area contributed by atoms with E-state index in [0.717, 1.165) is 52.2 Å². The summed E-state index contributed by atoms with van der Waals surface area (Å²) in [6.45, 7) is 6.99. The van der Waals surface area contributed by atoms with Crippen LogP contribution in [0.5, 0.6) is 0 Å². The number of anilines is 1. The lowest BCUT2D eigenvalue weighted by Gasteiger charge is -2.37. The zero-order valence-corrected chi connectivity index (χ0v) is 15.4. The van der Waals surface area contributed by atoms with E-state index in [1.165, 1.54) is 22.4 Å². The van der Waals surface area contributed by atoms with Crippen molar-refractivity contribution < 1.29 is 4.74 Å². The van der Waals surface area contributed by atoms with Crippen LogP contribution >= 0.6 is 0 Å². The lowest BCUT2D eigenvalue weighted by molar-refractivity contribution is 0.0289. The summed E-state index contributed by atoms with van der Waals surface area (Å²) in [6, 6.07) is 17.4. The van der Waals surface area contributed by atoms with Crippen molar-refractivity contribution in [2.24, 2.45) is 5.73 Å². The highest BCUT2D eigenvalue weighted by Crippen LogP contribution is 2.29. The van der Waals surface area contributed by atoms with Gasteiger partial charge in [-0.1, -0.05) is 36.4 Å². The largest absolute Gasteiger partial charge is 0.373 e. The second kappa shape index (κ2) is 8.21. The zero-order valence-electron chi connectivity index (χ0n) is 15.4. The molecule has 0 bridgehead atoms. The number of rotatable bonds is 5. The van der Waals surface area contributed by atoms with Crippen LogP contribution in [0.15, 0.2) is 48.5 Å². The molecule has 0 aromatic heterocycles. The predicted molar refractivity (Wildman–Crippen MR) is 106 cm³/mol. The molecule has 2 aliphatic heterocycles. The standard InChI is InChI=1S/C22H29N3O/c23-17-18-5-7-20(8-6-18)25-14-12-24(13-15-25)11-9-22-21-4-2-1-3-19(21)10-16-26-22/h1-8,22H,9-17,23H2. The first-order valence-corrected chi connectivity index (χ1v) is 9.79. The van der Waals surface area contributed by atoms with Gasteiger partial charge in [-0.3, -0.25) is 4.90 Å². The van der Waals surface area contributed by atoms with E-state index >= 15 is 0 Å². The second-order valence-corrected chi connectivity index (χ2v) is 7.30. The van der Waals surface area contributed by atoms with E-state index in [1.807, 2.05) is 0 Å². The van der Waals surface area contributed by atoms with Gasteiger partial charge < -0.3 is 15.4 Å². The van der Waals surface area contributed by atoms with Gasteiger partial charge in [-0.25, -0.2) is 0 Å². The molecule has 2 aromatic carbocycles. The first kappa shape index (κ1) is 17.5. The van der Waals surface area contributed by atoms with E-state index in [9.17, 15) is 0 Å². The van der Waals surface area contributed by atoms with Gasteiger partial charge in [-0.2, -0.15) is 0 Å². The Labute approximate surface area is 156 Å². The molecule has 0 spiro atoms. The second-order valence-electron chi connectivity index (χ2n) is 7.30. The molecule has 0 saturated carbocycles. The monoisotopic (exact) mass is 351 g/mol. The molecule has 0 amide bonds. The molecule has 0 radical (unpaired) electrons. The molecule has 4 heteroatoms. The molecule has 2 aromatic rings. The maximum absolute atomic E-state index is 6.06. The van der Waals surface area contributed by atoms with E-state index in [2.05, 4.69) is 58.3 Å². The van der Waals surface area contributed by atoms with Crippen LogP contribution in [0.3, 0.4) is 0 Å². The molecule has 4 rings (SSSR count). The molecule has 2 aliphatic rings. The number of nitrogens with two attached hydrogens (primary N) is 1. The molecule has 138 valence electrons. The Bertz CT molecular complexity index is 708. The van der Waals surface area contributed by atoms with Crippen molar-refractivity contribution in [1.29, 1.82) is 0 Å². The molecule has 1 atom stereocenters. The van der Waals surface area contributed by atoms with Gasteiger partial charge in [0.15, 0.2) is 0 Å². The van der Waals surface area contributed by atoms with Crippen molar-refractivity contribution in [1.82, 2.24) is 4.90 Å². The molecule has 26 heavy (non-hydrogen) atoms. The molecule has 1 unspecified atom stereocenters. The number of hydrogen-bond donors (Lipinski definition) is 1. The third-order valence-corrected chi connectivity index (χ3v) is 5.71. The highest BCUT2D eigenvalue weighted by atomic mass is 16.5. The minimum atomic E-state index is 0.266. The summed E-state index contributed by atoms with van der Waals surface area (Å²) in [5, 5.41) is 0.